The molecule has 1 fully saturated rings. The molecule has 100 valence electrons. The molecule has 2 rings (SSSR count). The van der Waals surface area contributed by atoms with Crippen LogP contribution in [0.1, 0.15) is 12.8 Å². The zero-order valence-electron chi connectivity index (χ0n) is 9.98. The molecule has 0 radical (unpaired) electrons. The molecule has 1 heterocycles. The number of anilines is 2. The summed E-state index contributed by atoms with van der Waals surface area (Å²) in [6, 6.07) is 1.56. The average Bonchev–Trinajstić information content (AvgIpc) is 2.91. The molecule has 18 heavy (non-hydrogen) atoms. The lowest BCUT2D eigenvalue weighted by atomic mass is 10.1. The zero-order valence-corrected chi connectivity index (χ0v) is 11.6. The smallest absolute Gasteiger partial charge is 0.223 e. The summed E-state index contributed by atoms with van der Waals surface area (Å²) in [4.78, 5) is 7.73. The van der Waals surface area contributed by atoms with Crippen molar-refractivity contribution in [3.63, 3.8) is 0 Å². The Bertz CT molecular complexity index is 537. The van der Waals surface area contributed by atoms with Crippen molar-refractivity contribution in [3.05, 3.63) is 11.2 Å². The quantitative estimate of drug-likeness (QED) is 0.784. The second-order valence-corrected chi connectivity index (χ2v) is 7.39. The topological polar surface area (TPSA) is 98.0 Å². The lowest BCUT2D eigenvalue weighted by Crippen LogP contribution is -2.24. The summed E-state index contributed by atoms with van der Waals surface area (Å²) < 4.78 is 22.6. The molecular weight excluding hydrogens is 276 g/mol. The van der Waals surface area contributed by atoms with E-state index in [1.54, 1.807) is 6.07 Å². The van der Waals surface area contributed by atoms with Crippen molar-refractivity contribution in [1.82, 2.24) is 9.97 Å². The highest BCUT2D eigenvalue weighted by Crippen LogP contribution is 2.46. The fourth-order valence-corrected chi connectivity index (χ4v) is 3.60. The molecule has 6 nitrogen and oxygen atoms in total. The molecule has 0 atom stereocenters. The Morgan fingerprint density at radius 3 is 2.67 bits per heavy atom. The number of nitrogens with zero attached hydrogens (tertiary/aromatic N) is 2. The van der Waals surface area contributed by atoms with Crippen LogP contribution in [0.3, 0.4) is 0 Å². The fraction of sp³-hybridized carbons (Fsp3) is 0.600. The lowest BCUT2D eigenvalue weighted by molar-refractivity contribution is 0.560. The number of nitrogens with two attached hydrogens (primary N) is 1. The minimum atomic E-state index is -2.96. The SMILES string of the molecule is CS(=O)(=O)CC1(CNc2cc(Cl)nc(N)n2)CC1. The van der Waals surface area contributed by atoms with Crippen LogP contribution in [0.5, 0.6) is 0 Å². The molecule has 1 aliphatic rings. The van der Waals surface area contributed by atoms with Gasteiger partial charge in [0.15, 0.2) is 0 Å². The van der Waals surface area contributed by atoms with E-state index in [4.69, 9.17) is 17.3 Å². The molecule has 0 unspecified atom stereocenters. The van der Waals surface area contributed by atoms with Crippen molar-refractivity contribution in [1.29, 1.82) is 0 Å². The average molecular weight is 291 g/mol. The van der Waals surface area contributed by atoms with Gasteiger partial charge in [0, 0.05) is 24.3 Å². The van der Waals surface area contributed by atoms with Gasteiger partial charge in [0.1, 0.15) is 20.8 Å². The van der Waals surface area contributed by atoms with E-state index in [1.165, 1.54) is 6.26 Å². The van der Waals surface area contributed by atoms with Crippen LogP contribution in [0.25, 0.3) is 0 Å². The maximum atomic E-state index is 11.3. The standard InChI is InChI=1S/C10H15ClN4O2S/c1-18(16,17)6-10(2-3-10)5-13-8-4-7(11)14-9(12)15-8/h4H,2-3,5-6H2,1H3,(H3,12,13,14,15). The van der Waals surface area contributed by atoms with E-state index in [0.29, 0.717) is 12.4 Å². The molecule has 1 aromatic heterocycles. The monoisotopic (exact) mass is 290 g/mol. The summed E-state index contributed by atoms with van der Waals surface area (Å²) >= 11 is 5.76. The Labute approximate surface area is 111 Å². The van der Waals surface area contributed by atoms with Crippen molar-refractivity contribution < 1.29 is 8.42 Å². The van der Waals surface area contributed by atoms with Gasteiger partial charge >= 0.3 is 0 Å². The Balaban J connectivity index is 1.99. The Hall–Kier alpha value is -1.08. The second-order valence-electron chi connectivity index (χ2n) is 4.86. The van der Waals surface area contributed by atoms with E-state index < -0.39 is 9.84 Å². The number of nitrogens with one attached hydrogen (secondary N) is 1. The summed E-state index contributed by atoms with van der Waals surface area (Å²) in [7, 11) is -2.96. The summed E-state index contributed by atoms with van der Waals surface area (Å²) in [5.41, 5.74) is 5.31. The van der Waals surface area contributed by atoms with E-state index in [9.17, 15) is 8.42 Å². The number of halogens is 1. The second kappa shape index (κ2) is 4.55. The normalized spacial score (nSPS) is 17.4. The van der Waals surface area contributed by atoms with Crippen LogP contribution in [-0.4, -0.2) is 36.9 Å². The number of hydrogen-bond donors (Lipinski definition) is 2. The third-order valence-corrected chi connectivity index (χ3v) is 4.21. The Morgan fingerprint density at radius 2 is 2.17 bits per heavy atom. The van der Waals surface area contributed by atoms with Crippen molar-refractivity contribution in [2.75, 3.05) is 29.6 Å². The van der Waals surface area contributed by atoms with Gasteiger partial charge in [0.05, 0.1) is 5.75 Å². The fourth-order valence-electron chi connectivity index (χ4n) is 1.91. The number of nitrogen functional groups attached to an aromatic ring is 1. The van der Waals surface area contributed by atoms with Crippen molar-refractivity contribution in [3.8, 4) is 0 Å². The molecule has 3 N–H and O–H groups in total. The van der Waals surface area contributed by atoms with Gasteiger partial charge in [-0.2, -0.15) is 4.98 Å². The highest BCUT2D eigenvalue weighted by molar-refractivity contribution is 7.90. The first-order valence-corrected chi connectivity index (χ1v) is 7.94. The van der Waals surface area contributed by atoms with Crippen LogP contribution in [-0.2, 0) is 9.84 Å². The molecule has 0 aliphatic heterocycles. The van der Waals surface area contributed by atoms with Crippen LogP contribution in [0.2, 0.25) is 5.15 Å². The molecule has 0 spiro atoms. The van der Waals surface area contributed by atoms with E-state index >= 15 is 0 Å². The lowest BCUT2D eigenvalue weighted by Gasteiger charge is -2.15. The van der Waals surface area contributed by atoms with E-state index in [0.717, 1.165) is 12.8 Å². The van der Waals surface area contributed by atoms with Crippen LogP contribution in [0.15, 0.2) is 6.07 Å². The van der Waals surface area contributed by atoms with Gasteiger partial charge in [-0.1, -0.05) is 11.6 Å². The number of aromatic nitrogens is 2. The third-order valence-electron chi connectivity index (χ3n) is 2.88. The third kappa shape index (κ3) is 3.71. The maximum Gasteiger partial charge on any atom is 0.223 e. The van der Waals surface area contributed by atoms with Crippen LogP contribution >= 0.6 is 11.6 Å². The highest BCUT2D eigenvalue weighted by atomic mass is 35.5. The van der Waals surface area contributed by atoms with Gasteiger partial charge in [-0.25, -0.2) is 13.4 Å². The van der Waals surface area contributed by atoms with Gasteiger partial charge in [-0.3, -0.25) is 0 Å². The van der Waals surface area contributed by atoms with Crippen molar-refractivity contribution in [2.45, 2.75) is 12.8 Å². The van der Waals surface area contributed by atoms with Gasteiger partial charge in [-0.05, 0) is 12.8 Å². The van der Waals surface area contributed by atoms with Crippen LogP contribution < -0.4 is 11.1 Å². The van der Waals surface area contributed by atoms with Gasteiger partial charge in [-0.15, -0.1) is 0 Å². The first-order valence-electron chi connectivity index (χ1n) is 5.50. The van der Waals surface area contributed by atoms with Crippen LogP contribution in [0.4, 0.5) is 11.8 Å². The van der Waals surface area contributed by atoms with Crippen molar-refractivity contribution >= 4 is 33.2 Å². The predicted octanol–water partition coefficient (Wildman–Crippen LogP) is 0.949. The largest absolute Gasteiger partial charge is 0.369 e. The summed E-state index contributed by atoms with van der Waals surface area (Å²) in [5.74, 6) is 0.812. The Kier molecular flexibility index (Phi) is 3.37. The van der Waals surface area contributed by atoms with E-state index in [-0.39, 0.29) is 22.3 Å². The summed E-state index contributed by atoms with van der Waals surface area (Å²) in [5, 5.41) is 3.33. The molecule has 0 amide bonds. The molecular formula is C10H15ClN4O2S. The number of hydrogen-bond acceptors (Lipinski definition) is 6. The van der Waals surface area contributed by atoms with Gasteiger partial charge in [0.25, 0.3) is 0 Å². The van der Waals surface area contributed by atoms with Gasteiger partial charge in [0.2, 0.25) is 5.95 Å². The first-order chi connectivity index (χ1) is 8.28. The van der Waals surface area contributed by atoms with E-state index in [2.05, 4.69) is 15.3 Å². The molecule has 0 saturated heterocycles. The minimum Gasteiger partial charge on any atom is -0.369 e. The Morgan fingerprint density at radius 1 is 1.50 bits per heavy atom. The molecule has 1 aromatic rings. The number of rotatable bonds is 5. The minimum absolute atomic E-state index is 0.0953. The van der Waals surface area contributed by atoms with E-state index in [1.807, 2.05) is 0 Å². The zero-order chi connectivity index (χ0) is 13.4. The summed E-state index contributed by atoms with van der Waals surface area (Å²) in [6.07, 6.45) is 3.06. The predicted molar refractivity (Wildman–Crippen MR) is 71.3 cm³/mol. The van der Waals surface area contributed by atoms with Crippen molar-refractivity contribution in [2.24, 2.45) is 5.41 Å². The van der Waals surface area contributed by atoms with Gasteiger partial charge < -0.3 is 11.1 Å². The molecule has 1 saturated carbocycles. The number of sulfone groups is 1. The molecule has 0 aromatic carbocycles. The highest BCUT2D eigenvalue weighted by Gasteiger charge is 2.45. The first kappa shape index (κ1) is 13.4. The molecule has 0 bridgehead atoms. The molecule has 1 aliphatic carbocycles. The summed E-state index contributed by atoms with van der Waals surface area (Å²) in [6.45, 7) is 0.548. The van der Waals surface area contributed by atoms with Crippen LogP contribution in [0, 0.1) is 5.41 Å². The maximum absolute atomic E-state index is 11.3. The molecule has 8 heteroatoms.